The van der Waals surface area contributed by atoms with Gasteiger partial charge in [-0.05, 0) is 36.2 Å². The molecule has 0 atom stereocenters. The number of carbonyl (C=O) groups is 1. The van der Waals surface area contributed by atoms with Crippen LogP contribution in [0.4, 0.5) is 5.69 Å². The van der Waals surface area contributed by atoms with Gasteiger partial charge in [-0.3, -0.25) is 14.6 Å². The number of ether oxygens (including phenoxy) is 1. The van der Waals surface area contributed by atoms with Gasteiger partial charge in [-0.2, -0.15) is 0 Å². The van der Waals surface area contributed by atoms with Crippen LogP contribution in [0.1, 0.15) is 24.5 Å². The lowest BCUT2D eigenvalue weighted by molar-refractivity contribution is -0.117. The lowest BCUT2D eigenvalue weighted by Gasteiger charge is -2.26. The SMILES string of the molecule is CCCN(CC(=O)Nc1ccc(CN2CCOCC2)cc1)Cc1ccccc1. The summed E-state index contributed by atoms with van der Waals surface area (Å²) < 4.78 is 5.39. The van der Waals surface area contributed by atoms with E-state index in [0.717, 1.165) is 58.0 Å². The van der Waals surface area contributed by atoms with Crippen LogP contribution in [0.3, 0.4) is 0 Å². The molecule has 3 rings (SSSR count). The molecule has 0 spiro atoms. The molecule has 1 amide bonds. The van der Waals surface area contributed by atoms with Gasteiger partial charge in [-0.1, -0.05) is 49.4 Å². The smallest absolute Gasteiger partial charge is 0.238 e. The van der Waals surface area contributed by atoms with Crippen molar-refractivity contribution < 1.29 is 9.53 Å². The summed E-state index contributed by atoms with van der Waals surface area (Å²) in [6.45, 7) is 8.75. The number of nitrogens with one attached hydrogen (secondary N) is 1. The molecule has 1 saturated heterocycles. The fraction of sp³-hybridized carbons (Fsp3) is 0.435. The molecule has 1 N–H and O–H groups in total. The van der Waals surface area contributed by atoms with Crippen LogP contribution in [0.25, 0.3) is 0 Å². The number of morpholine rings is 1. The second-order valence-electron chi connectivity index (χ2n) is 7.33. The van der Waals surface area contributed by atoms with E-state index in [1.807, 2.05) is 30.3 Å². The number of carbonyl (C=O) groups excluding carboxylic acids is 1. The largest absolute Gasteiger partial charge is 0.379 e. The third-order valence-electron chi connectivity index (χ3n) is 4.90. The molecule has 2 aromatic carbocycles. The van der Waals surface area contributed by atoms with E-state index in [1.54, 1.807) is 0 Å². The summed E-state index contributed by atoms with van der Waals surface area (Å²) in [6.07, 6.45) is 1.02. The topological polar surface area (TPSA) is 44.8 Å². The third kappa shape index (κ3) is 6.75. The number of hydrogen-bond acceptors (Lipinski definition) is 4. The molecule has 5 heteroatoms. The third-order valence-corrected chi connectivity index (χ3v) is 4.90. The van der Waals surface area contributed by atoms with Crippen molar-refractivity contribution in [1.82, 2.24) is 9.80 Å². The van der Waals surface area contributed by atoms with Gasteiger partial charge in [0.05, 0.1) is 19.8 Å². The van der Waals surface area contributed by atoms with E-state index in [-0.39, 0.29) is 5.91 Å². The summed E-state index contributed by atoms with van der Waals surface area (Å²) in [7, 11) is 0. The number of rotatable bonds is 9. The molecule has 0 aliphatic carbocycles. The van der Waals surface area contributed by atoms with Gasteiger partial charge >= 0.3 is 0 Å². The molecule has 28 heavy (non-hydrogen) atoms. The average Bonchev–Trinajstić information content (AvgIpc) is 2.71. The molecule has 0 unspecified atom stereocenters. The van der Waals surface area contributed by atoms with E-state index in [4.69, 9.17) is 4.74 Å². The van der Waals surface area contributed by atoms with Crippen molar-refractivity contribution in [2.45, 2.75) is 26.4 Å². The van der Waals surface area contributed by atoms with Crippen LogP contribution >= 0.6 is 0 Å². The first-order valence-electron chi connectivity index (χ1n) is 10.2. The average molecular weight is 382 g/mol. The zero-order valence-corrected chi connectivity index (χ0v) is 16.8. The highest BCUT2D eigenvalue weighted by atomic mass is 16.5. The Kier molecular flexibility index (Phi) is 8.03. The standard InChI is InChI=1S/C23H31N3O2/c1-2-12-26(18-20-6-4-3-5-7-20)19-23(27)24-22-10-8-21(9-11-22)17-25-13-15-28-16-14-25/h3-11H,2,12-19H2,1H3,(H,24,27). The quantitative estimate of drug-likeness (QED) is 0.723. The first-order valence-corrected chi connectivity index (χ1v) is 10.2. The zero-order chi connectivity index (χ0) is 19.6. The number of anilines is 1. The molecule has 5 nitrogen and oxygen atoms in total. The molecule has 0 radical (unpaired) electrons. The van der Waals surface area contributed by atoms with Crippen LogP contribution in [-0.2, 0) is 22.6 Å². The van der Waals surface area contributed by atoms with Crippen molar-refractivity contribution in [3.05, 3.63) is 65.7 Å². The predicted octanol–water partition coefficient (Wildman–Crippen LogP) is 3.37. The number of hydrogen-bond donors (Lipinski definition) is 1. The van der Waals surface area contributed by atoms with Crippen LogP contribution in [0, 0.1) is 0 Å². The Bertz CT molecular complexity index is 712. The Morgan fingerprint density at radius 1 is 1.04 bits per heavy atom. The lowest BCUT2D eigenvalue weighted by atomic mass is 10.2. The number of nitrogens with zero attached hydrogens (tertiary/aromatic N) is 2. The van der Waals surface area contributed by atoms with E-state index in [1.165, 1.54) is 11.1 Å². The van der Waals surface area contributed by atoms with Crippen molar-refractivity contribution in [2.24, 2.45) is 0 Å². The fourth-order valence-corrected chi connectivity index (χ4v) is 3.49. The van der Waals surface area contributed by atoms with Crippen LogP contribution in [0.5, 0.6) is 0 Å². The molecular weight excluding hydrogens is 350 g/mol. The normalized spacial score (nSPS) is 14.9. The van der Waals surface area contributed by atoms with Crippen LogP contribution in [-0.4, -0.2) is 55.1 Å². The molecule has 2 aromatic rings. The second-order valence-corrected chi connectivity index (χ2v) is 7.33. The Hall–Kier alpha value is -2.21. The second kappa shape index (κ2) is 11.0. The minimum Gasteiger partial charge on any atom is -0.379 e. The molecule has 1 aliphatic rings. The Labute approximate surface area is 168 Å². The van der Waals surface area contributed by atoms with Crippen LogP contribution < -0.4 is 5.32 Å². The minimum atomic E-state index is 0.0327. The molecule has 0 bridgehead atoms. The van der Waals surface area contributed by atoms with E-state index in [9.17, 15) is 4.79 Å². The Morgan fingerprint density at radius 2 is 1.75 bits per heavy atom. The maximum absolute atomic E-state index is 12.5. The van der Waals surface area contributed by atoms with Crippen molar-refractivity contribution in [1.29, 1.82) is 0 Å². The van der Waals surface area contributed by atoms with E-state index in [0.29, 0.717) is 6.54 Å². The summed E-state index contributed by atoms with van der Waals surface area (Å²) in [5.41, 5.74) is 3.35. The van der Waals surface area contributed by atoms with Crippen LogP contribution in [0.2, 0.25) is 0 Å². The van der Waals surface area contributed by atoms with Crippen molar-refractivity contribution in [3.8, 4) is 0 Å². The molecule has 0 saturated carbocycles. The summed E-state index contributed by atoms with van der Waals surface area (Å²) >= 11 is 0. The zero-order valence-electron chi connectivity index (χ0n) is 16.8. The maximum Gasteiger partial charge on any atom is 0.238 e. The van der Waals surface area contributed by atoms with Crippen molar-refractivity contribution in [3.63, 3.8) is 0 Å². The van der Waals surface area contributed by atoms with Gasteiger partial charge in [0.15, 0.2) is 0 Å². The van der Waals surface area contributed by atoms with E-state index < -0.39 is 0 Å². The molecule has 1 heterocycles. The van der Waals surface area contributed by atoms with Gasteiger partial charge in [-0.25, -0.2) is 0 Å². The van der Waals surface area contributed by atoms with Gasteiger partial charge < -0.3 is 10.1 Å². The summed E-state index contributed by atoms with van der Waals surface area (Å²) in [4.78, 5) is 17.1. The lowest BCUT2D eigenvalue weighted by Crippen LogP contribution is -2.35. The Balaban J connectivity index is 1.49. The highest BCUT2D eigenvalue weighted by molar-refractivity contribution is 5.92. The highest BCUT2D eigenvalue weighted by Crippen LogP contribution is 2.13. The minimum absolute atomic E-state index is 0.0327. The predicted molar refractivity (Wildman–Crippen MR) is 113 cm³/mol. The van der Waals surface area contributed by atoms with Gasteiger partial charge in [0.1, 0.15) is 0 Å². The summed E-state index contributed by atoms with van der Waals surface area (Å²) in [5, 5.41) is 3.03. The van der Waals surface area contributed by atoms with E-state index in [2.05, 4.69) is 46.3 Å². The van der Waals surface area contributed by atoms with Crippen LogP contribution in [0.15, 0.2) is 54.6 Å². The first-order chi connectivity index (χ1) is 13.7. The summed E-state index contributed by atoms with van der Waals surface area (Å²) in [5.74, 6) is 0.0327. The number of benzene rings is 2. The first kappa shape index (κ1) is 20.5. The van der Waals surface area contributed by atoms with Gasteiger partial charge in [0.25, 0.3) is 0 Å². The number of amides is 1. The van der Waals surface area contributed by atoms with Crippen molar-refractivity contribution >= 4 is 11.6 Å². The molecule has 1 aliphatic heterocycles. The molecule has 0 aromatic heterocycles. The van der Waals surface area contributed by atoms with Gasteiger partial charge in [0.2, 0.25) is 5.91 Å². The molecule has 150 valence electrons. The molecular formula is C23H31N3O2. The van der Waals surface area contributed by atoms with Gasteiger partial charge in [0, 0.05) is 31.9 Å². The van der Waals surface area contributed by atoms with Gasteiger partial charge in [-0.15, -0.1) is 0 Å². The van der Waals surface area contributed by atoms with Crippen molar-refractivity contribution in [2.75, 3.05) is 44.7 Å². The maximum atomic E-state index is 12.5. The van der Waals surface area contributed by atoms with E-state index >= 15 is 0 Å². The Morgan fingerprint density at radius 3 is 2.43 bits per heavy atom. The fourth-order valence-electron chi connectivity index (χ4n) is 3.49. The highest BCUT2D eigenvalue weighted by Gasteiger charge is 2.12. The molecule has 1 fully saturated rings. The summed E-state index contributed by atoms with van der Waals surface area (Å²) in [6, 6.07) is 18.5. The monoisotopic (exact) mass is 381 g/mol.